The van der Waals surface area contributed by atoms with Gasteiger partial charge in [-0.1, -0.05) is 19.8 Å². The molecule has 1 aliphatic carbocycles. The minimum atomic E-state index is -2.16. The summed E-state index contributed by atoms with van der Waals surface area (Å²) in [6.07, 6.45) is 4.28. The van der Waals surface area contributed by atoms with Crippen molar-refractivity contribution >= 4 is 10.7 Å². The van der Waals surface area contributed by atoms with E-state index in [0.29, 0.717) is 5.92 Å². The lowest BCUT2D eigenvalue weighted by Gasteiger charge is -2.23. The van der Waals surface area contributed by atoms with Gasteiger partial charge in [0.05, 0.1) is 5.25 Å². The quantitative estimate of drug-likeness (QED) is 0.587. The van der Waals surface area contributed by atoms with Gasteiger partial charge in [0.1, 0.15) is 10.7 Å². The molecule has 0 amide bonds. The van der Waals surface area contributed by atoms with Gasteiger partial charge >= 0.3 is 0 Å². The SMILES string of the molecule is CC1CCCC[C@H]1[SH](=O)=O. The molecule has 0 aliphatic heterocycles. The second-order valence-corrected chi connectivity index (χ2v) is 4.35. The topological polar surface area (TPSA) is 34.1 Å². The van der Waals surface area contributed by atoms with E-state index in [1.54, 1.807) is 0 Å². The zero-order valence-corrected chi connectivity index (χ0v) is 7.14. The first-order valence-corrected chi connectivity index (χ1v) is 5.10. The Hall–Kier alpha value is -0.0500. The summed E-state index contributed by atoms with van der Waals surface area (Å²) < 4.78 is 21.2. The summed E-state index contributed by atoms with van der Waals surface area (Å²) in [4.78, 5) is 0. The molecule has 2 nitrogen and oxygen atoms in total. The number of thiol groups is 1. The van der Waals surface area contributed by atoms with Crippen LogP contribution in [0.4, 0.5) is 0 Å². The molecule has 60 valence electrons. The van der Waals surface area contributed by atoms with Gasteiger partial charge < -0.3 is 0 Å². The van der Waals surface area contributed by atoms with E-state index in [9.17, 15) is 8.42 Å². The van der Waals surface area contributed by atoms with Crippen LogP contribution in [-0.2, 0) is 10.7 Å². The largest absolute Gasteiger partial charge is 0.232 e. The van der Waals surface area contributed by atoms with Gasteiger partial charge in [-0.3, -0.25) is 0 Å². The Morgan fingerprint density at radius 2 is 1.80 bits per heavy atom. The fraction of sp³-hybridized carbons (Fsp3) is 1.00. The number of rotatable bonds is 1. The van der Waals surface area contributed by atoms with Crippen molar-refractivity contribution < 1.29 is 8.42 Å². The smallest absolute Gasteiger partial charge is 0.143 e. The highest BCUT2D eigenvalue weighted by Crippen LogP contribution is 2.25. The van der Waals surface area contributed by atoms with Crippen LogP contribution < -0.4 is 0 Å². The lowest BCUT2D eigenvalue weighted by Crippen LogP contribution is -2.23. The molecule has 0 radical (unpaired) electrons. The first-order valence-electron chi connectivity index (χ1n) is 3.85. The number of hydrogen-bond acceptors (Lipinski definition) is 2. The fourth-order valence-corrected chi connectivity index (χ4v) is 2.57. The molecule has 0 spiro atoms. The standard InChI is InChI=1S/C7H14O2S/c1-6-4-2-3-5-7(6)10(8)9/h6-7,10H,2-5H2,1H3/t6?,7-/m1/s1. The van der Waals surface area contributed by atoms with Crippen LogP contribution in [0.5, 0.6) is 0 Å². The summed E-state index contributed by atoms with van der Waals surface area (Å²) in [5.74, 6) is 0.398. The van der Waals surface area contributed by atoms with Crippen molar-refractivity contribution in [1.29, 1.82) is 0 Å². The molecular weight excluding hydrogens is 148 g/mol. The van der Waals surface area contributed by atoms with E-state index in [0.717, 1.165) is 19.3 Å². The molecule has 0 aromatic rings. The average Bonchev–Trinajstić information content (AvgIpc) is 1.88. The van der Waals surface area contributed by atoms with E-state index in [1.807, 2.05) is 6.92 Å². The summed E-state index contributed by atoms with van der Waals surface area (Å²) in [6, 6.07) is 0. The van der Waals surface area contributed by atoms with Crippen molar-refractivity contribution in [2.75, 3.05) is 0 Å². The van der Waals surface area contributed by atoms with Crippen LogP contribution >= 0.6 is 0 Å². The minimum Gasteiger partial charge on any atom is -0.232 e. The highest BCUT2D eigenvalue weighted by Gasteiger charge is 2.22. The maximum Gasteiger partial charge on any atom is 0.143 e. The minimum absolute atomic E-state index is 0.0243. The molecule has 1 aliphatic rings. The highest BCUT2D eigenvalue weighted by molar-refractivity contribution is 7.73. The molecule has 1 fully saturated rings. The Balaban J connectivity index is 2.56. The van der Waals surface area contributed by atoms with Crippen LogP contribution in [0.3, 0.4) is 0 Å². The number of hydrogen-bond donors (Lipinski definition) is 1. The van der Waals surface area contributed by atoms with Crippen molar-refractivity contribution in [3.05, 3.63) is 0 Å². The van der Waals surface area contributed by atoms with Crippen LogP contribution in [0.15, 0.2) is 0 Å². The lowest BCUT2D eigenvalue weighted by atomic mass is 9.90. The Kier molecular flexibility index (Phi) is 2.72. The van der Waals surface area contributed by atoms with Gasteiger partial charge in [0.15, 0.2) is 0 Å². The van der Waals surface area contributed by atoms with Crippen LogP contribution in [-0.4, -0.2) is 13.7 Å². The van der Waals surface area contributed by atoms with E-state index in [4.69, 9.17) is 0 Å². The molecule has 1 saturated carbocycles. The van der Waals surface area contributed by atoms with E-state index < -0.39 is 10.7 Å². The van der Waals surface area contributed by atoms with Crippen LogP contribution in [0, 0.1) is 5.92 Å². The maximum absolute atomic E-state index is 10.6. The van der Waals surface area contributed by atoms with Crippen LogP contribution in [0.1, 0.15) is 32.6 Å². The van der Waals surface area contributed by atoms with Gasteiger partial charge in [0.2, 0.25) is 0 Å². The van der Waals surface area contributed by atoms with Crippen LogP contribution in [0.25, 0.3) is 0 Å². The second kappa shape index (κ2) is 3.37. The van der Waals surface area contributed by atoms with E-state index in [2.05, 4.69) is 0 Å². The van der Waals surface area contributed by atoms with E-state index in [1.165, 1.54) is 6.42 Å². The first-order chi connectivity index (χ1) is 4.72. The second-order valence-electron chi connectivity index (χ2n) is 3.11. The highest BCUT2D eigenvalue weighted by atomic mass is 32.2. The third kappa shape index (κ3) is 1.72. The van der Waals surface area contributed by atoms with Gasteiger partial charge in [0.25, 0.3) is 0 Å². The Morgan fingerprint density at radius 1 is 1.20 bits per heavy atom. The molecule has 3 heteroatoms. The molecule has 0 aromatic carbocycles. The Morgan fingerprint density at radius 3 is 2.20 bits per heavy atom. The predicted molar refractivity (Wildman–Crippen MR) is 41.7 cm³/mol. The van der Waals surface area contributed by atoms with E-state index >= 15 is 0 Å². The van der Waals surface area contributed by atoms with Crippen molar-refractivity contribution in [2.45, 2.75) is 37.9 Å². The van der Waals surface area contributed by atoms with Gasteiger partial charge in [-0.25, -0.2) is 8.42 Å². The first kappa shape index (κ1) is 8.05. The lowest BCUT2D eigenvalue weighted by molar-refractivity contribution is 0.386. The average molecular weight is 162 g/mol. The molecule has 0 N–H and O–H groups in total. The van der Waals surface area contributed by atoms with Gasteiger partial charge in [-0.2, -0.15) is 0 Å². The third-order valence-corrected chi connectivity index (χ3v) is 3.65. The summed E-state index contributed by atoms with van der Waals surface area (Å²) in [5.41, 5.74) is 0. The molecule has 1 rings (SSSR count). The maximum atomic E-state index is 10.6. The van der Waals surface area contributed by atoms with Crippen molar-refractivity contribution in [1.82, 2.24) is 0 Å². The fourth-order valence-electron chi connectivity index (χ4n) is 1.61. The summed E-state index contributed by atoms with van der Waals surface area (Å²) in [7, 11) is -2.16. The van der Waals surface area contributed by atoms with Gasteiger partial charge in [0, 0.05) is 0 Å². The molecule has 0 heterocycles. The Labute approximate surface area is 63.6 Å². The van der Waals surface area contributed by atoms with Gasteiger partial charge in [-0.15, -0.1) is 0 Å². The molecule has 2 atom stereocenters. The summed E-state index contributed by atoms with van der Waals surface area (Å²) in [5, 5.41) is -0.0243. The molecule has 0 saturated heterocycles. The van der Waals surface area contributed by atoms with Crippen LogP contribution in [0.2, 0.25) is 0 Å². The molecule has 10 heavy (non-hydrogen) atoms. The Bertz CT molecular complexity index is 166. The predicted octanol–water partition coefficient (Wildman–Crippen LogP) is 1.18. The molecule has 0 aromatic heterocycles. The van der Waals surface area contributed by atoms with Crippen molar-refractivity contribution in [2.24, 2.45) is 5.92 Å². The molecular formula is C7H14O2S. The van der Waals surface area contributed by atoms with Crippen molar-refractivity contribution in [3.8, 4) is 0 Å². The normalized spacial score (nSPS) is 34.6. The summed E-state index contributed by atoms with van der Waals surface area (Å²) >= 11 is 0. The zero-order chi connectivity index (χ0) is 7.56. The van der Waals surface area contributed by atoms with E-state index in [-0.39, 0.29) is 5.25 Å². The third-order valence-electron chi connectivity index (χ3n) is 2.34. The van der Waals surface area contributed by atoms with Crippen molar-refractivity contribution in [3.63, 3.8) is 0 Å². The van der Waals surface area contributed by atoms with Gasteiger partial charge in [-0.05, 0) is 18.8 Å². The monoisotopic (exact) mass is 162 g/mol. The summed E-state index contributed by atoms with van der Waals surface area (Å²) in [6.45, 7) is 2.04. The zero-order valence-electron chi connectivity index (χ0n) is 6.25. The molecule has 1 unspecified atom stereocenters. The molecule has 0 bridgehead atoms.